The van der Waals surface area contributed by atoms with E-state index >= 15 is 0 Å². The van der Waals surface area contributed by atoms with Gasteiger partial charge in [0, 0.05) is 26.4 Å². The summed E-state index contributed by atoms with van der Waals surface area (Å²) in [5.74, 6) is 0. The van der Waals surface area contributed by atoms with Crippen LogP contribution in [-0.4, -0.2) is 47.8 Å². The third-order valence-corrected chi connectivity index (χ3v) is 3.01. The number of nitrogens with one attached hydrogen (secondary N) is 1. The SMILES string of the molecule is COCCOCCNCc1cnc2cnc(Br)cn12. The molecule has 1 N–H and O–H groups in total. The number of fused-ring (bicyclic) bond motifs is 1. The van der Waals surface area contributed by atoms with E-state index < -0.39 is 0 Å². The zero-order valence-electron chi connectivity index (χ0n) is 10.8. The molecule has 7 heteroatoms. The van der Waals surface area contributed by atoms with Crippen LogP contribution in [0.3, 0.4) is 0 Å². The Kier molecular flexibility index (Phi) is 5.71. The van der Waals surface area contributed by atoms with Crippen molar-refractivity contribution in [2.45, 2.75) is 6.54 Å². The molecule has 0 saturated heterocycles. The number of nitrogens with zero attached hydrogens (tertiary/aromatic N) is 3. The Bertz CT molecular complexity index is 517. The number of hydrogen-bond donors (Lipinski definition) is 1. The first-order valence-corrected chi connectivity index (χ1v) is 6.85. The highest BCUT2D eigenvalue weighted by atomic mass is 79.9. The Morgan fingerprint density at radius 1 is 1.26 bits per heavy atom. The molecule has 0 saturated carbocycles. The number of methoxy groups -OCH3 is 1. The standard InChI is InChI=1S/C12H17BrN4O2/c1-18-4-5-19-3-2-14-6-10-7-16-12-8-15-11(13)9-17(10)12/h7-9,14H,2-6H2,1H3. The number of imidazole rings is 1. The first kappa shape index (κ1) is 14.4. The average molecular weight is 329 g/mol. The Morgan fingerprint density at radius 2 is 2.16 bits per heavy atom. The van der Waals surface area contributed by atoms with Crippen molar-refractivity contribution in [3.63, 3.8) is 0 Å². The molecule has 2 aromatic heterocycles. The summed E-state index contributed by atoms with van der Waals surface area (Å²) >= 11 is 3.36. The largest absolute Gasteiger partial charge is 0.382 e. The summed E-state index contributed by atoms with van der Waals surface area (Å²) in [7, 11) is 1.67. The minimum Gasteiger partial charge on any atom is -0.382 e. The van der Waals surface area contributed by atoms with E-state index in [1.165, 1.54) is 0 Å². The molecule has 0 amide bonds. The zero-order chi connectivity index (χ0) is 13.5. The monoisotopic (exact) mass is 328 g/mol. The number of halogens is 1. The number of aromatic nitrogens is 3. The Balaban J connectivity index is 1.77. The molecule has 0 unspecified atom stereocenters. The molecule has 0 aliphatic rings. The van der Waals surface area contributed by atoms with Crippen LogP contribution in [0.4, 0.5) is 0 Å². The van der Waals surface area contributed by atoms with Gasteiger partial charge in [0.25, 0.3) is 0 Å². The van der Waals surface area contributed by atoms with Crippen LogP contribution >= 0.6 is 15.9 Å². The van der Waals surface area contributed by atoms with Gasteiger partial charge in [0.15, 0.2) is 5.65 Å². The highest BCUT2D eigenvalue weighted by molar-refractivity contribution is 9.10. The molecule has 104 valence electrons. The van der Waals surface area contributed by atoms with Crippen LogP contribution in [-0.2, 0) is 16.0 Å². The van der Waals surface area contributed by atoms with E-state index in [4.69, 9.17) is 9.47 Å². The molecule has 2 heterocycles. The van der Waals surface area contributed by atoms with Gasteiger partial charge >= 0.3 is 0 Å². The van der Waals surface area contributed by atoms with Gasteiger partial charge in [-0.2, -0.15) is 0 Å². The van der Waals surface area contributed by atoms with Crippen molar-refractivity contribution in [1.29, 1.82) is 0 Å². The fourth-order valence-corrected chi connectivity index (χ4v) is 1.96. The average Bonchev–Trinajstić information content (AvgIpc) is 2.80. The number of rotatable bonds is 8. The van der Waals surface area contributed by atoms with Gasteiger partial charge in [-0.05, 0) is 15.9 Å². The van der Waals surface area contributed by atoms with Gasteiger partial charge in [0.2, 0.25) is 0 Å². The van der Waals surface area contributed by atoms with Crippen LogP contribution in [0, 0.1) is 0 Å². The summed E-state index contributed by atoms with van der Waals surface area (Å²) in [4.78, 5) is 8.43. The molecule has 0 bridgehead atoms. The third-order valence-electron chi connectivity index (χ3n) is 2.60. The van der Waals surface area contributed by atoms with Crippen LogP contribution in [0.2, 0.25) is 0 Å². The predicted molar refractivity (Wildman–Crippen MR) is 75.1 cm³/mol. The van der Waals surface area contributed by atoms with Crippen LogP contribution in [0.1, 0.15) is 5.69 Å². The lowest BCUT2D eigenvalue weighted by Crippen LogP contribution is -2.20. The van der Waals surface area contributed by atoms with Crippen LogP contribution in [0.15, 0.2) is 23.2 Å². The van der Waals surface area contributed by atoms with E-state index in [0.717, 1.165) is 29.0 Å². The van der Waals surface area contributed by atoms with Crippen LogP contribution < -0.4 is 5.32 Å². The molecule has 19 heavy (non-hydrogen) atoms. The lowest BCUT2D eigenvalue weighted by Gasteiger charge is -2.06. The van der Waals surface area contributed by atoms with E-state index in [1.807, 2.05) is 16.8 Å². The summed E-state index contributed by atoms with van der Waals surface area (Å²) < 4.78 is 13.1. The molecule has 0 aromatic carbocycles. The molecule has 2 aromatic rings. The Hall–Kier alpha value is -1.02. The first-order valence-electron chi connectivity index (χ1n) is 6.06. The minimum absolute atomic E-state index is 0.631. The van der Waals surface area contributed by atoms with Gasteiger partial charge in [-0.15, -0.1) is 0 Å². The van der Waals surface area contributed by atoms with Crippen molar-refractivity contribution in [1.82, 2.24) is 19.7 Å². The van der Waals surface area contributed by atoms with E-state index in [2.05, 4.69) is 31.2 Å². The molecule has 0 fully saturated rings. The molecule has 0 aliphatic heterocycles. The third kappa shape index (κ3) is 4.24. The Morgan fingerprint density at radius 3 is 3.00 bits per heavy atom. The summed E-state index contributed by atoms with van der Waals surface area (Å²) in [5.41, 5.74) is 1.94. The molecule has 6 nitrogen and oxygen atoms in total. The molecule has 0 atom stereocenters. The summed E-state index contributed by atoms with van der Waals surface area (Å²) in [5, 5.41) is 3.31. The molecule has 0 spiro atoms. The second-order valence-electron chi connectivity index (χ2n) is 3.97. The molecule has 0 radical (unpaired) electrons. The first-order chi connectivity index (χ1) is 9.31. The fraction of sp³-hybridized carbons (Fsp3) is 0.500. The predicted octanol–water partition coefficient (Wildman–Crippen LogP) is 1.24. The van der Waals surface area contributed by atoms with Crippen LogP contribution in [0.25, 0.3) is 5.65 Å². The molecular formula is C12H17BrN4O2. The normalized spacial score (nSPS) is 11.3. The maximum Gasteiger partial charge on any atom is 0.155 e. The lowest BCUT2D eigenvalue weighted by molar-refractivity contribution is 0.0719. The van der Waals surface area contributed by atoms with E-state index in [0.29, 0.717) is 19.8 Å². The van der Waals surface area contributed by atoms with Crippen LogP contribution in [0.5, 0.6) is 0 Å². The minimum atomic E-state index is 0.631. The molecule has 0 aliphatic carbocycles. The zero-order valence-corrected chi connectivity index (χ0v) is 12.4. The molecule has 2 rings (SSSR count). The number of hydrogen-bond acceptors (Lipinski definition) is 5. The van der Waals surface area contributed by atoms with E-state index in [1.54, 1.807) is 13.3 Å². The smallest absolute Gasteiger partial charge is 0.155 e. The van der Waals surface area contributed by atoms with Crippen molar-refractivity contribution in [2.75, 3.05) is 33.5 Å². The maximum atomic E-state index is 5.37. The lowest BCUT2D eigenvalue weighted by atomic mass is 10.4. The van der Waals surface area contributed by atoms with Crippen molar-refractivity contribution in [3.8, 4) is 0 Å². The van der Waals surface area contributed by atoms with E-state index in [9.17, 15) is 0 Å². The van der Waals surface area contributed by atoms with Crippen molar-refractivity contribution >= 4 is 21.6 Å². The van der Waals surface area contributed by atoms with Crippen molar-refractivity contribution < 1.29 is 9.47 Å². The second kappa shape index (κ2) is 7.54. The van der Waals surface area contributed by atoms with Gasteiger partial charge in [0.05, 0.1) is 37.9 Å². The van der Waals surface area contributed by atoms with Gasteiger partial charge in [-0.1, -0.05) is 0 Å². The Labute approximate surface area is 120 Å². The highest BCUT2D eigenvalue weighted by Gasteiger charge is 2.03. The highest BCUT2D eigenvalue weighted by Crippen LogP contribution is 2.10. The summed E-state index contributed by atoms with van der Waals surface area (Å²) in [6.07, 6.45) is 5.50. The van der Waals surface area contributed by atoms with Gasteiger partial charge in [-0.3, -0.25) is 4.40 Å². The van der Waals surface area contributed by atoms with E-state index in [-0.39, 0.29) is 0 Å². The van der Waals surface area contributed by atoms with Gasteiger partial charge < -0.3 is 14.8 Å². The van der Waals surface area contributed by atoms with Gasteiger partial charge in [-0.25, -0.2) is 9.97 Å². The maximum absolute atomic E-state index is 5.37. The molecular weight excluding hydrogens is 312 g/mol. The summed E-state index contributed by atoms with van der Waals surface area (Å²) in [6.45, 7) is 3.47. The fourth-order valence-electron chi connectivity index (χ4n) is 1.65. The quantitative estimate of drug-likeness (QED) is 0.739. The van der Waals surface area contributed by atoms with Gasteiger partial charge in [0.1, 0.15) is 4.60 Å². The van der Waals surface area contributed by atoms with Crippen molar-refractivity contribution in [3.05, 3.63) is 28.9 Å². The number of ether oxygens (including phenoxy) is 2. The topological polar surface area (TPSA) is 60.7 Å². The second-order valence-corrected chi connectivity index (χ2v) is 4.78. The summed E-state index contributed by atoms with van der Waals surface area (Å²) in [6, 6.07) is 0. The van der Waals surface area contributed by atoms with Crippen molar-refractivity contribution in [2.24, 2.45) is 0 Å².